The highest BCUT2D eigenvalue weighted by atomic mass is 32.1. The summed E-state index contributed by atoms with van der Waals surface area (Å²) in [5.41, 5.74) is 1.07. The number of benzene rings is 1. The van der Waals surface area contributed by atoms with Gasteiger partial charge >= 0.3 is 5.97 Å². The SMILES string of the molecule is COc1ccccc1/C=C1\N=C(c2ccc(C)s2)OC1=O. The molecule has 5 heteroatoms. The van der Waals surface area contributed by atoms with Gasteiger partial charge in [-0.1, -0.05) is 18.2 Å². The number of hydrogen-bond acceptors (Lipinski definition) is 5. The van der Waals surface area contributed by atoms with Crippen LogP contribution < -0.4 is 4.74 Å². The van der Waals surface area contributed by atoms with Crippen LogP contribution in [0.1, 0.15) is 15.3 Å². The second-order valence-corrected chi connectivity index (χ2v) is 5.78. The van der Waals surface area contributed by atoms with Gasteiger partial charge < -0.3 is 9.47 Å². The monoisotopic (exact) mass is 299 g/mol. The van der Waals surface area contributed by atoms with Gasteiger partial charge in [0.1, 0.15) is 5.75 Å². The molecule has 0 amide bonds. The molecule has 0 saturated heterocycles. The second kappa shape index (κ2) is 5.54. The highest BCUT2D eigenvalue weighted by molar-refractivity contribution is 7.14. The zero-order chi connectivity index (χ0) is 14.8. The van der Waals surface area contributed by atoms with Gasteiger partial charge in [-0.3, -0.25) is 0 Å². The Balaban J connectivity index is 1.97. The van der Waals surface area contributed by atoms with Crippen LogP contribution in [0.2, 0.25) is 0 Å². The summed E-state index contributed by atoms with van der Waals surface area (Å²) in [6.45, 7) is 2.00. The van der Waals surface area contributed by atoms with Crippen LogP contribution in [0.3, 0.4) is 0 Å². The number of esters is 1. The Morgan fingerprint density at radius 3 is 2.76 bits per heavy atom. The minimum absolute atomic E-state index is 0.278. The molecule has 106 valence electrons. The van der Waals surface area contributed by atoms with Crippen molar-refractivity contribution in [3.05, 3.63) is 57.4 Å². The third-order valence-electron chi connectivity index (χ3n) is 3.00. The Labute approximate surface area is 126 Å². The number of ether oxygens (including phenoxy) is 2. The molecule has 0 aliphatic carbocycles. The normalized spacial score (nSPS) is 16.0. The standard InChI is InChI=1S/C16H13NO3S/c1-10-7-8-14(21-10)15-17-12(16(18)20-15)9-11-5-3-4-6-13(11)19-2/h3-9H,1-2H3/b12-9-. The van der Waals surface area contributed by atoms with Crippen molar-refractivity contribution in [2.75, 3.05) is 7.11 Å². The van der Waals surface area contributed by atoms with Crippen LogP contribution in [-0.2, 0) is 9.53 Å². The van der Waals surface area contributed by atoms with E-state index in [-0.39, 0.29) is 5.70 Å². The summed E-state index contributed by atoms with van der Waals surface area (Å²) in [6.07, 6.45) is 1.68. The van der Waals surface area contributed by atoms with E-state index >= 15 is 0 Å². The summed E-state index contributed by atoms with van der Waals surface area (Å²) in [6, 6.07) is 11.3. The van der Waals surface area contributed by atoms with Crippen molar-refractivity contribution in [3.8, 4) is 5.75 Å². The molecule has 0 fully saturated rings. The van der Waals surface area contributed by atoms with Gasteiger partial charge in [0.25, 0.3) is 0 Å². The third kappa shape index (κ3) is 2.73. The number of carbonyl (C=O) groups excluding carboxylic acids is 1. The Morgan fingerprint density at radius 1 is 1.24 bits per heavy atom. The lowest BCUT2D eigenvalue weighted by molar-refractivity contribution is -0.129. The summed E-state index contributed by atoms with van der Waals surface area (Å²) in [7, 11) is 1.59. The number of carbonyl (C=O) groups is 1. The van der Waals surface area contributed by atoms with E-state index in [1.165, 1.54) is 0 Å². The Hall–Kier alpha value is -2.40. The number of methoxy groups -OCH3 is 1. The van der Waals surface area contributed by atoms with Gasteiger partial charge in [0, 0.05) is 10.4 Å². The van der Waals surface area contributed by atoms with E-state index in [0.29, 0.717) is 11.6 Å². The van der Waals surface area contributed by atoms with Crippen LogP contribution >= 0.6 is 11.3 Å². The molecule has 2 heterocycles. The quantitative estimate of drug-likeness (QED) is 0.644. The van der Waals surface area contributed by atoms with Crippen LogP contribution in [0.25, 0.3) is 6.08 Å². The fourth-order valence-electron chi connectivity index (χ4n) is 2.00. The van der Waals surface area contributed by atoms with Gasteiger partial charge in [0.2, 0.25) is 5.90 Å². The zero-order valence-corrected chi connectivity index (χ0v) is 12.4. The number of aliphatic imine (C=N–C) groups is 1. The lowest BCUT2D eigenvalue weighted by Gasteiger charge is -2.03. The minimum Gasteiger partial charge on any atom is -0.496 e. The second-order valence-electron chi connectivity index (χ2n) is 4.49. The lowest BCUT2D eigenvalue weighted by Crippen LogP contribution is -2.03. The first kappa shape index (κ1) is 13.6. The third-order valence-corrected chi connectivity index (χ3v) is 3.99. The molecule has 0 atom stereocenters. The van der Waals surface area contributed by atoms with Gasteiger partial charge in [-0.2, -0.15) is 0 Å². The Kier molecular flexibility index (Phi) is 3.58. The molecular formula is C16H13NO3S. The van der Waals surface area contributed by atoms with Crippen molar-refractivity contribution in [3.63, 3.8) is 0 Å². The van der Waals surface area contributed by atoms with E-state index in [0.717, 1.165) is 15.3 Å². The fourth-order valence-corrected chi connectivity index (χ4v) is 2.79. The maximum absolute atomic E-state index is 11.9. The predicted octanol–water partition coefficient (Wildman–Crippen LogP) is 3.41. The van der Waals surface area contributed by atoms with Gasteiger partial charge in [-0.25, -0.2) is 9.79 Å². The zero-order valence-electron chi connectivity index (χ0n) is 11.6. The molecule has 1 aromatic heterocycles. The summed E-state index contributed by atoms with van der Waals surface area (Å²) >= 11 is 1.54. The van der Waals surface area contributed by atoms with Gasteiger partial charge in [0.15, 0.2) is 5.70 Å². The average Bonchev–Trinajstić information content (AvgIpc) is 3.06. The first-order chi connectivity index (χ1) is 10.2. The molecule has 0 bridgehead atoms. The molecule has 1 aliphatic rings. The van der Waals surface area contributed by atoms with Crippen molar-refractivity contribution in [2.45, 2.75) is 6.92 Å². The fraction of sp³-hybridized carbons (Fsp3) is 0.125. The van der Waals surface area contributed by atoms with E-state index in [9.17, 15) is 4.79 Å². The van der Waals surface area contributed by atoms with Crippen LogP contribution in [-0.4, -0.2) is 19.0 Å². The number of hydrogen-bond donors (Lipinski definition) is 0. The largest absolute Gasteiger partial charge is 0.496 e. The van der Waals surface area contributed by atoms with Crippen molar-refractivity contribution < 1.29 is 14.3 Å². The molecule has 0 unspecified atom stereocenters. The van der Waals surface area contributed by atoms with Crippen molar-refractivity contribution in [2.24, 2.45) is 4.99 Å². The first-order valence-corrected chi connectivity index (χ1v) is 7.21. The molecule has 0 spiro atoms. The lowest BCUT2D eigenvalue weighted by atomic mass is 10.1. The highest BCUT2D eigenvalue weighted by Crippen LogP contribution is 2.26. The minimum atomic E-state index is -0.443. The first-order valence-electron chi connectivity index (χ1n) is 6.40. The van der Waals surface area contributed by atoms with E-state index in [4.69, 9.17) is 9.47 Å². The highest BCUT2D eigenvalue weighted by Gasteiger charge is 2.25. The number of nitrogens with zero attached hydrogens (tertiary/aromatic N) is 1. The van der Waals surface area contributed by atoms with Gasteiger partial charge in [0.05, 0.1) is 12.0 Å². The summed E-state index contributed by atoms with van der Waals surface area (Å²) in [4.78, 5) is 18.2. The van der Waals surface area contributed by atoms with E-state index < -0.39 is 5.97 Å². The number of para-hydroxylation sites is 1. The number of cyclic esters (lactones) is 1. The predicted molar refractivity (Wildman–Crippen MR) is 82.7 cm³/mol. The van der Waals surface area contributed by atoms with E-state index in [1.807, 2.05) is 43.3 Å². The molecule has 0 radical (unpaired) electrons. The van der Waals surface area contributed by atoms with Gasteiger partial charge in [-0.05, 0) is 31.2 Å². The van der Waals surface area contributed by atoms with E-state index in [1.54, 1.807) is 24.5 Å². The smallest absolute Gasteiger partial charge is 0.363 e. The molecule has 0 saturated carbocycles. The molecule has 21 heavy (non-hydrogen) atoms. The molecular weight excluding hydrogens is 286 g/mol. The van der Waals surface area contributed by atoms with Crippen molar-refractivity contribution >= 4 is 29.3 Å². The topological polar surface area (TPSA) is 47.9 Å². The molecule has 0 N–H and O–H groups in total. The summed E-state index contributed by atoms with van der Waals surface area (Å²) in [5.74, 6) is 0.606. The molecule has 1 aliphatic heterocycles. The number of rotatable bonds is 3. The van der Waals surface area contributed by atoms with Crippen LogP contribution in [0, 0.1) is 6.92 Å². The van der Waals surface area contributed by atoms with Crippen LogP contribution in [0.4, 0.5) is 0 Å². The average molecular weight is 299 g/mol. The number of thiophene rings is 1. The molecule has 1 aromatic carbocycles. The van der Waals surface area contributed by atoms with Crippen LogP contribution in [0.15, 0.2) is 47.1 Å². The summed E-state index contributed by atoms with van der Waals surface area (Å²) in [5, 5.41) is 0. The Bertz CT molecular complexity index is 758. The maximum Gasteiger partial charge on any atom is 0.363 e. The van der Waals surface area contributed by atoms with Crippen molar-refractivity contribution in [1.82, 2.24) is 0 Å². The number of aryl methyl sites for hydroxylation is 1. The molecule has 2 aromatic rings. The van der Waals surface area contributed by atoms with E-state index in [2.05, 4.69) is 4.99 Å². The van der Waals surface area contributed by atoms with Gasteiger partial charge in [-0.15, -0.1) is 11.3 Å². The van der Waals surface area contributed by atoms with Crippen LogP contribution in [0.5, 0.6) is 5.75 Å². The Morgan fingerprint density at radius 2 is 2.05 bits per heavy atom. The maximum atomic E-state index is 11.9. The van der Waals surface area contributed by atoms with Crippen molar-refractivity contribution in [1.29, 1.82) is 0 Å². The summed E-state index contributed by atoms with van der Waals surface area (Å²) < 4.78 is 10.5. The molecule has 4 nitrogen and oxygen atoms in total. The molecule has 3 rings (SSSR count).